The van der Waals surface area contributed by atoms with Crippen molar-refractivity contribution in [3.8, 4) is 0 Å². The van der Waals surface area contributed by atoms with Gasteiger partial charge in [-0.25, -0.2) is 0 Å². The van der Waals surface area contributed by atoms with Crippen LogP contribution in [0.5, 0.6) is 0 Å². The smallest absolute Gasteiger partial charge is 0.287 e. The zero-order valence-corrected chi connectivity index (χ0v) is 10.6. The highest BCUT2D eigenvalue weighted by Gasteiger charge is 2.22. The van der Waals surface area contributed by atoms with Gasteiger partial charge in [-0.15, -0.1) is 11.6 Å². The maximum absolute atomic E-state index is 11.8. The van der Waals surface area contributed by atoms with Gasteiger partial charge < -0.3 is 9.73 Å². The second kappa shape index (κ2) is 6.10. The van der Waals surface area contributed by atoms with E-state index in [4.69, 9.17) is 16.0 Å². The molecule has 0 radical (unpaired) electrons. The lowest BCUT2D eigenvalue weighted by Gasteiger charge is -2.28. The lowest BCUT2D eigenvalue weighted by Crippen LogP contribution is -2.37. The first-order valence-electron chi connectivity index (χ1n) is 6.20. The fourth-order valence-corrected chi connectivity index (χ4v) is 2.72. The number of halogens is 1. The highest BCUT2D eigenvalue weighted by Crippen LogP contribution is 2.27. The second-order valence-electron chi connectivity index (χ2n) is 4.65. The SMILES string of the molecule is O=C(N[C@H]1CC[C@H](CCCl)CC1)c1ccco1. The molecule has 1 aliphatic carbocycles. The van der Waals surface area contributed by atoms with Crippen LogP contribution in [-0.2, 0) is 0 Å². The molecule has 1 amide bonds. The predicted octanol–water partition coefficient (Wildman–Crippen LogP) is 3.20. The Morgan fingerprint density at radius 3 is 2.76 bits per heavy atom. The lowest BCUT2D eigenvalue weighted by atomic mass is 9.84. The average Bonchev–Trinajstić information content (AvgIpc) is 2.86. The van der Waals surface area contributed by atoms with Crippen LogP contribution in [0.15, 0.2) is 22.8 Å². The molecule has 17 heavy (non-hydrogen) atoms. The number of carbonyl (C=O) groups excluding carboxylic acids is 1. The van der Waals surface area contributed by atoms with Crippen LogP contribution >= 0.6 is 11.6 Å². The molecule has 0 saturated heterocycles. The van der Waals surface area contributed by atoms with Crippen LogP contribution in [0, 0.1) is 5.92 Å². The Balaban J connectivity index is 1.76. The van der Waals surface area contributed by atoms with E-state index in [0.29, 0.717) is 11.8 Å². The first-order valence-corrected chi connectivity index (χ1v) is 6.73. The summed E-state index contributed by atoms with van der Waals surface area (Å²) in [5.41, 5.74) is 0. The van der Waals surface area contributed by atoms with E-state index in [1.165, 1.54) is 6.26 Å². The van der Waals surface area contributed by atoms with Crippen LogP contribution in [0.25, 0.3) is 0 Å². The standard InChI is InChI=1S/C13H18ClNO2/c14-8-7-10-3-5-11(6-4-10)15-13(16)12-2-1-9-17-12/h1-2,9-11H,3-8H2,(H,15,16)/t10-,11-. The van der Waals surface area contributed by atoms with Gasteiger partial charge in [0.2, 0.25) is 0 Å². The molecule has 0 unspecified atom stereocenters. The van der Waals surface area contributed by atoms with Crippen molar-refractivity contribution >= 4 is 17.5 Å². The third-order valence-corrected chi connectivity index (χ3v) is 3.66. The van der Waals surface area contributed by atoms with Crippen LogP contribution in [-0.4, -0.2) is 17.8 Å². The third-order valence-electron chi connectivity index (χ3n) is 3.44. The van der Waals surface area contributed by atoms with Gasteiger partial charge in [-0.05, 0) is 50.2 Å². The normalized spacial score (nSPS) is 24.5. The average molecular weight is 256 g/mol. The molecule has 1 saturated carbocycles. The summed E-state index contributed by atoms with van der Waals surface area (Å²) in [6.45, 7) is 0. The molecular formula is C13H18ClNO2. The van der Waals surface area contributed by atoms with Crippen LogP contribution in [0.3, 0.4) is 0 Å². The largest absolute Gasteiger partial charge is 0.459 e. The van der Waals surface area contributed by atoms with Crippen molar-refractivity contribution in [2.24, 2.45) is 5.92 Å². The van der Waals surface area contributed by atoms with E-state index >= 15 is 0 Å². The Morgan fingerprint density at radius 1 is 1.41 bits per heavy atom. The van der Waals surface area contributed by atoms with Crippen molar-refractivity contribution < 1.29 is 9.21 Å². The maximum Gasteiger partial charge on any atom is 0.287 e. The summed E-state index contributed by atoms with van der Waals surface area (Å²) in [5.74, 6) is 1.78. The Morgan fingerprint density at radius 2 is 2.18 bits per heavy atom. The van der Waals surface area contributed by atoms with Gasteiger partial charge in [0.1, 0.15) is 0 Å². The highest BCUT2D eigenvalue weighted by molar-refractivity contribution is 6.17. The molecule has 1 aromatic rings. The summed E-state index contributed by atoms with van der Waals surface area (Å²) < 4.78 is 5.07. The molecule has 0 atom stereocenters. The molecule has 0 aliphatic heterocycles. The van der Waals surface area contributed by atoms with E-state index in [1.54, 1.807) is 12.1 Å². The minimum absolute atomic E-state index is 0.101. The second-order valence-corrected chi connectivity index (χ2v) is 5.02. The number of carbonyl (C=O) groups is 1. The Hall–Kier alpha value is -0.960. The first kappa shape index (κ1) is 12.5. The molecule has 94 valence electrons. The molecule has 0 spiro atoms. The summed E-state index contributed by atoms with van der Waals surface area (Å²) in [6.07, 6.45) is 7.04. The van der Waals surface area contributed by atoms with Crippen LogP contribution in [0.1, 0.15) is 42.7 Å². The molecule has 1 fully saturated rings. The molecule has 0 aromatic carbocycles. The van der Waals surface area contributed by atoms with E-state index in [2.05, 4.69) is 5.32 Å². The summed E-state index contributed by atoms with van der Waals surface area (Å²) in [5, 5.41) is 3.02. The Bertz CT molecular complexity index is 342. The van der Waals surface area contributed by atoms with E-state index in [0.717, 1.165) is 43.9 Å². The van der Waals surface area contributed by atoms with E-state index < -0.39 is 0 Å². The minimum Gasteiger partial charge on any atom is -0.459 e. The molecule has 3 nitrogen and oxygen atoms in total. The van der Waals surface area contributed by atoms with Crippen molar-refractivity contribution in [1.82, 2.24) is 5.32 Å². The number of amides is 1. The predicted molar refractivity (Wildman–Crippen MR) is 67.3 cm³/mol. The quantitative estimate of drug-likeness (QED) is 0.840. The minimum atomic E-state index is -0.101. The summed E-state index contributed by atoms with van der Waals surface area (Å²) in [6, 6.07) is 3.71. The molecule has 1 heterocycles. The van der Waals surface area contributed by atoms with Crippen LogP contribution < -0.4 is 5.32 Å². The summed E-state index contributed by atoms with van der Waals surface area (Å²) in [7, 11) is 0. The maximum atomic E-state index is 11.8. The number of hydrogen-bond acceptors (Lipinski definition) is 2. The van der Waals surface area contributed by atoms with Gasteiger partial charge in [0.05, 0.1) is 6.26 Å². The van der Waals surface area contributed by atoms with Crippen molar-refractivity contribution in [3.63, 3.8) is 0 Å². The zero-order valence-electron chi connectivity index (χ0n) is 9.82. The van der Waals surface area contributed by atoms with Gasteiger partial charge in [0.15, 0.2) is 5.76 Å². The monoisotopic (exact) mass is 255 g/mol. The lowest BCUT2D eigenvalue weighted by molar-refractivity contribution is 0.0893. The van der Waals surface area contributed by atoms with Gasteiger partial charge >= 0.3 is 0 Å². The van der Waals surface area contributed by atoms with Crippen molar-refractivity contribution in [3.05, 3.63) is 24.2 Å². The molecule has 1 aliphatic rings. The van der Waals surface area contributed by atoms with E-state index in [9.17, 15) is 4.79 Å². The topological polar surface area (TPSA) is 42.2 Å². The molecular weight excluding hydrogens is 238 g/mol. The highest BCUT2D eigenvalue weighted by atomic mass is 35.5. The first-order chi connectivity index (χ1) is 8.29. The van der Waals surface area contributed by atoms with Gasteiger partial charge in [-0.1, -0.05) is 0 Å². The third kappa shape index (κ3) is 3.50. The molecule has 0 bridgehead atoms. The number of rotatable bonds is 4. The van der Waals surface area contributed by atoms with Crippen LogP contribution in [0.4, 0.5) is 0 Å². The van der Waals surface area contributed by atoms with Gasteiger partial charge in [0, 0.05) is 11.9 Å². The van der Waals surface area contributed by atoms with Gasteiger partial charge in [-0.2, -0.15) is 0 Å². The molecule has 1 N–H and O–H groups in total. The van der Waals surface area contributed by atoms with Crippen molar-refractivity contribution in [2.75, 3.05) is 5.88 Å². The number of nitrogens with one attached hydrogen (secondary N) is 1. The fraction of sp³-hybridized carbons (Fsp3) is 0.615. The zero-order chi connectivity index (χ0) is 12.1. The van der Waals surface area contributed by atoms with Gasteiger partial charge in [0.25, 0.3) is 5.91 Å². The molecule has 1 aromatic heterocycles. The van der Waals surface area contributed by atoms with E-state index in [-0.39, 0.29) is 5.91 Å². The van der Waals surface area contributed by atoms with Gasteiger partial charge in [-0.3, -0.25) is 4.79 Å². The fourth-order valence-electron chi connectivity index (χ4n) is 2.41. The summed E-state index contributed by atoms with van der Waals surface area (Å²) in [4.78, 5) is 11.8. The Kier molecular flexibility index (Phi) is 4.49. The Labute approximate surface area is 107 Å². The number of hydrogen-bond donors (Lipinski definition) is 1. The van der Waals surface area contributed by atoms with Crippen LogP contribution in [0.2, 0.25) is 0 Å². The van der Waals surface area contributed by atoms with Crippen molar-refractivity contribution in [2.45, 2.75) is 38.1 Å². The molecule has 2 rings (SSSR count). The van der Waals surface area contributed by atoms with Crippen molar-refractivity contribution in [1.29, 1.82) is 0 Å². The molecule has 4 heteroatoms. The van der Waals surface area contributed by atoms with E-state index in [1.807, 2.05) is 0 Å². The summed E-state index contributed by atoms with van der Waals surface area (Å²) >= 11 is 5.74. The number of alkyl halides is 1. The number of furan rings is 1.